The second-order valence-corrected chi connectivity index (χ2v) is 24.8. The first-order valence-corrected chi connectivity index (χ1v) is 27.0. The van der Waals surface area contributed by atoms with Gasteiger partial charge in [0, 0.05) is 0 Å². The molecule has 0 amide bonds. The zero-order valence-corrected chi connectivity index (χ0v) is 41.1. The molecule has 0 atom stereocenters. The van der Waals surface area contributed by atoms with Crippen molar-refractivity contribution < 1.29 is 85.2 Å². The minimum absolute atomic E-state index is 0. The first kappa shape index (κ1) is 51.2. The summed E-state index contributed by atoms with van der Waals surface area (Å²) in [5.74, 6) is 0. The standard InChI is InChI=1S/2C18H33P.C7H6O3S.2ClH.Na.Ru/c2*1-4-10-16(11-5-1)19(17-12-6-2-7-13-17)18-14-8-3-9-15-18;1-6-2-4-7(5-3-6)11(8,9)10;;;;/h2*16-18H,1-15H2;1-5H,(H,8,9,10);2*1H;;/q;;;;;+1;+2/p-3. The van der Waals surface area contributed by atoms with Gasteiger partial charge in [-0.25, -0.2) is 0 Å². The number of hydrogen-bond donors (Lipinski definition) is 0. The Hall–Kier alpha value is 2.06. The molecule has 0 heterocycles. The van der Waals surface area contributed by atoms with Gasteiger partial charge in [0.05, 0.1) is 0 Å². The summed E-state index contributed by atoms with van der Waals surface area (Å²) in [5, 5.41) is 0. The fraction of sp³-hybridized carbons (Fsp3) is 0.837. The summed E-state index contributed by atoms with van der Waals surface area (Å²) in [6, 6.07) is 5.73. The van der Waals surface area contributed by atoms with Crippen molar-refractivity contribution in [2.24, 2.45) is 0 Å². The van der Waals surface area contributed by atoms with Crippen LogP contribution in [-0.2, 0) is 28.0 Å². The maximum atomic E-state index is 10.5. The van der Waals surface area contributed by atoms with E-state index in [2.05, 4.69) is 17.9 Å². The molecule has 0 bridgehead atoms. The maximum Gasteiger partial charge on any atom is 1.00 e. The normalized spacial score (nSPS) is 23.2. The summed E-state index contributed by atoms with van der Waals surface area (Å²) >= 11 is 2.30. The number of halogens is 2. The Labute approximate surface area is 373 Å². The minimum atomic E-state index is -4.30. The molecule has 0 aromatic heterocycles. The number of hydrogen-bond acceptors (Lipinski definition) is 3. The van der Waals surface area contributed by atoms with Crippen LogP contribution in [0.3, 0.4) is 0 Å². The van der Waals surface area contributed by atoms with Crippen LogP contribution in [0.15, 0.2) is 29.2 Å². The van der Waals surface area contributed by atoms with Gasteiger partial charge in [-0.15, -0.1) is 0 Å². The molecule has 0 aliphatic heterocycles. The topological polar surface area (TPSA) is 57.2 Å². The van der Waals surface area contributed by atoms with Crippen LogP contribution in [0.4, 0.5) is 0 Å². The molecule has 7 rings (SSSR count). The van der Waals surface area contributed by atoms with Gasteiger partial charge >= 0.3 is 110 Å². The van der Waals surface area contributed by atoms with E-state index in [9.17, 15) is 13.0 Å². The van der Waals surface area contributed by atoms with Gasteiger partial charge in [0.25, 0.3) is 0 Å². The van der Waals surface area contributed by atoms with Gasteiger partial charge < -0.3 is 24.8 Å². The Bertz CT molecular complexity index is 1050. The predicted molar refractivity (Wildman–Crippen MR) is 215 cm³/mol. The van der Waals surface area contributed by atoms with E-state index in [1.807, 2.05) is 0 Å². The Morgan fingerprint density at radius 2 is 0.660 bits per heavy atom. The third-order valence-electron chi connectivity index (χ3n) is 13.3. The van der Waals surface area contributed by atoms with Crippen molar-refractivity contribution in [3.05, 3.63) is 29.8 Å². The Morgan fingerprint density at radius 3 is 0.830 bits per heavy atom. The fourth-order valence-corrected chi connectivity index (χ4v) is 20.9. The van der Waals surface area contributed by atoms with Gasteiger partial charge in [-0.3, -0.25) is 0 Å². The third kappa shape index (κ3) is 17.3. The van der Waals surface area contributed by atoms with Crippen LogP contribution in [-0.4, -0.2) is 51.5 Å². The Balaban J connectivity index is 0.000000275. The first-order valence-electron chi connectivity index (χ1n) is 21.5. The zero-order chi connectivity index (χ0) is 35.0. The minimum Gasteiger partial charge on any atom is -1.00 e. The third-order valence-corrected chi connectivity index (χ3v) is 22.9. The molecule has 6 aliphatic carbocycles. The van der Waals surface area contributed by atoms with Crippen LogP contribution in [0.2, 0.25) is 0 Å². The average Bonchev–Trinajstić information content (AvgIpc) is 3.18. The SMILES string of the molecule is C1CCC(P(C2CCCCC2)C2CCCCC2)CC1.C1CCC(P(C2CCCCC2)C2CCCCC2)CC1.O=S(=O)([O-])c1ccc([CH]=[Ru+2])cc1.[Cl-].[Cl-].[Na+]. The van der Waals surface area contributed by atoms with Crippen molar-refractivity contribution in [1.82, 2.24) is 0 Å². The molecule has 53 heavy (non-hydrogen) atoms. The molecular formula is C43H71Cl2NaO3P2RuS. The van der Waals surface area contributed by atoms with Crippen LogP contribution < -0.4 is 54.4 Å². The zero-order valence-electron chi connectivity index (χ0n) is 33.2. The average molecular weight is 925 g/mol. The van der Waals surface area contributed by atoms with Crippen molar-refractivity contribution >= 4 is 30.6 Å². The quantitative estimate of drug-likeness (QED) is 0.223. The van der Waals surface area contributed by atoms with Gasteiger partial charge in [-0.2, -0.15) is 0 Å². The van der Waals surface area contributed by atoms with E-state index in [0.717, 1.165) is 5.56 Å². The van der Waals surface area contributed by atoms with E-state index in [-0.39, 0.29) is 59.3 Å². The summed E-state index contributed by atoms with van der Waals surface area (Å²) < 4.78 is 33.1. The molecule has 0 radical (unpaired) electrons. The van der Waals surface area contributed by atoms with E-state index in [4.69, 9.17) is 0 Å². The van der Waals surface area contributed by atoms with Gasteiger partial charge in [-0.1, -0.05) is 131 Å². The van der Waals surface area contributed by atoms with Crippen LogP contribution in [0.1, 0.15) is 198 Å². The smallest absolute Gasteiger partial charge is 1.00 e. The van der Waals surface area contributed by atoms with Crippen molar-refractivity contribution in [1.29, 1.82) is 0 Å². The largest absolute Gasteiger partial charge is 1.00 e. The van der Waals surface area contributed by atoms with E-state index >= 15 is 0 Å². The number of rotatable bonds is 8. The van der Waals surface area contributed by atoms with E-state index in [1.54, 1.807) is 171 Å². The Morgan fingerprint density at radius 1 is 0.453 bits per heavy atom. The molecule has 0 unspecified atom stereocenters. The van der Waals surface area contributed by atoms with Gasteiger partial charge in [0.1, 0.15) is 0 Å². The monoisotopic (exact) mass is 924 g/mol. The van der Waals surface area contributed by atoms with Gasteiger partial charge in [0.15, 0.2) is 0 Å². The van der Waals surface area contributed by atoms with E-state index in [0.29, 0.717) is 15.8 Å². The second-order valence-electron chi connectivity index (χ2n) is 16.8. The molecule has 1 aromatic carbocycles. The van der Waals surface area contributed by atoms with Gasteiger partial charge in [0.2, 0.25) is 0 Å². The van der Waals surface area contributed by atoms with Crippen LogP contribution in [0.25, 0.3) is 0 Å². The molecule has 0 saturated heterocycles. The van der Waals surface area contributed by atoms with Crippen LogP contribution >= 0.6 is 15.8 Å². The van der Waals surface area contributed by atoms with E-state index in [1.165, 1.54) is 84.6 Å². The summed E-state index contributed by atoms with van der Waals surface area (Å²) in [6.07, 6.45) is 47.2. The predicted octanol–water partition coefficient (Wildman–Crippen LogP) is 4.23. The molecule has 10 heteroatoms. The molecule has 300 valence electrons. The van der Waals surface area contributed by atoms with E-state index < -0.39 is 10.1 Å². The van der Waals surface area contributed by atoms with Crippen molar-refractivity contribution in [2.45, 2.75) is 231 Å². The van der Waals surface area contributed by atoms with Crippen LogP contribution in [0.5, 0.6) is 0 Å². The second kappa shape index (κ2) is 28.5. The van der Waals surface area contributed by atoms with Crippen molar-refractivity contribution in [3.63, 3.8) is 0 Å². The molecule has 6 saturated carbocycles. The fourth-order valence-electron chi connectivity index (χ4n) is 10.8. The molecule has 6 aliphatic rings. The van der Waals surface area contributed by atoms with Crippen molar-refractivity contribution in [3.8, 4) is 0 Å². The summed E-state index contributed by atoms with van der Waals surface area (Å²) in [5.41, 5.74) is 8.00. The number of benzene rings is 1. The summed E-state index contributed by atoms with van der Waals surface area (Å²) in [6.45, 7) is 0. The molecule has 0 N–H and O–H groups in total. The molecule has 3 nitrogen and oxygen atoms in total. The summed E-state index contributed by atoms with van der Waals surface area (Å²) in [7, 11) is -3.53. The molecule has 1 aromatic rings. The molecule has 6 fully saturated rings. The van der Waals surface area contributed by atoms with Gasteiger partial charge in [-0.05, 0) is 111 Å². The summed E-state index contributed by atoms with van der Waals surface area (Å²) in [4.78, 5) is -0.195. The molecule has 0 spiro atoms. The van der Waals surface area contributed by atoms with Crippen molar-refractivity contribution in [2.75, 3.05) is 0 Å². The Kier molecular flexibility index (Phi) is 27.6. The first-order chi connectivity index (χ1) is 24.4. The molecular weight excluding hydrogens is 853 g/mol. The van der Waals surface area contributed by atoms with Crippen LogP contribution in [0, 0.1) is 0 Å². The maximum absolute atomic E-state index is 10.5.